The predicted octanol–water partition coefficient (Wildman–Crippen LogP) is 3.02. The van der Waals surface area contributed by atoms with Crippen molar-refractivity contribution in [1.82, 2.24) is 5.32 Å². The largest absolute Gasteiger partial charge is 0.382 e. The first-order valence-corrected chi connectivity index (χ1v) is 7.38. The molecule has 1 aliphatic rings. The third kappa shape index (κ3) is 3.11. The zero-order valence-corrected chi connectivity index (χ0v) is 11.9. The Hall–Kier alpha value is -1.58. The third-order valence-electron chi connectivity index (χ3n) is 3.83. The number of anilines is 1. The maximum atomic E-state index is 5.51. The summed E-state index contributed by atoms with van der Waals surface area (Å²) in [5, 5.41) is 9.71. The maximum absolute atomic E-state index is 5.51. The molecule has 1 aliphatic heterocycles. The van der Waals surface area contributed by atoms with Crippen LogP contribution in [-0.2, 0) is 4.74 Å². The van der Waals surface area contributed by atoms with E-state index in [0.717, 1.165) is 26.2 Å². The van der Waals surface area contributed by atoms with Crippen LogP contribution >= 0.6 is 0 Å². The predicted molar refractivity (Wildman–Crippen MR) is 84.3 cm³/mol. The second-order valence-electron chi connectivity index (χ2n) is 5.53. The molecule has 106 valence electrons. The van der Waals surface area contributed by atoms with E-state index in [1.54, 1.807) is 0 Å². The summed E-state index contributed by atoms with van der Waals surface area (Å²) >= 11 is 0. The Morgan fingerprint density at radius 1 is 1.25 bits per heavy atom. The van der Waals surface area contributed by atoms with Crippen molar-refractivity contribution in [2.24, 2.45) is 0 Å². The second kappa shape index (κ2) is 6.25. The molecule has 0 saturated carbocycles. The number of benzene rings is 2. The Bertz CT molecular complexity index is 558. The summed E-state index contributed by atoms with van der Waals surface area (Å²) in [6, 6.07) is 15.8. The summed E-state index contributed by atoms with van der Waals surface area (Å²) in [6.45, 7) is 4.85. The molecule has 3 rings (SSSR count). The van der Waals surface area contributed by atoms with Gasteiger partial charge >= 0.3 is 0 Å². The summed E-state index contributed by atoms with van der Waals surface area (Å²) in [7, 11) is 0. The van der Waals surface area contributed by atoms with Crippen LogP contribution in [0.5, 0.6) is 0 Å². The van der Waals surface area contributed by atoms with Gasteiger partial charge in [0, 0.05) is 29.7 Å². The van der Waals surface area contributed by atoms with Crippen molar-refractivity contribution in [3.05, 3.63) is 42.5 Å². The zero-order chi connectivity index (χ0) is 13.8. The van der Waals surface area contributed by atoms with Crippen LogP contribution in [-0.4, -0.2) is 31.8 Å². The van der Waals surface area contributed by atoms with E-state index in [9.17, 15) is 0 Å². The molecule has 0 aromatic heterocycles. The van der Waals surface area contributed by atoms with Crippen molar-refractivity contribution in [3.63, 3.8) is 0 Å². The normalized spacial score (nSPS) is 20.8. The minimum atomic E-state index is 0.417. The molecule has 1 fully saturated rings. The highest BCUT2D eigenvalue weighted by Gasteiger charge is 2.16. The molecule has 20 heavy (non-hydrogen) atoms. The van der Waals surface area contributed by atoms with E-state index in [1.807, 2.05) is 0 Å². The summed E-state index contributed by atoms with van der Waals surface area (Å²) in [4.78, 5) is 0. The fraction of sp³-hybridized carbons (Fsp3) is 0.412. The van der Waals surface area contributed by atoms with Gasteiger partial charge in [0.15, 0.2) is 0 Å². The fourth-order valence-corrected chi connectivity index (χ4v) is 2.87. The monoisotopic (exact) mass is 270 g/mol. The highest BCUT2D eigenvalue weighted by Crippen LogP contribution is 2.24. The van der Waals surface area contributed by atoms with Crippen LogP contribution in [0.3, 0.4) is 0 Å². The van der Waals surface area contributed by atoms with Crippen molar-refractivity contribution in [2.75, 3.05) is 25.1 Å². The average molecular weight is 270 g/mol. The van der Waals surface area contributed by atoms with Gasteiger partial charge in [0.1, 0.15) is 0 Å². The smallest absolute Gasteiger partial charge is 0.0621 e. The standard InChI is InChI=1S/C17H22N2O/c1-13(11-15-12-20-10-9-18-15)19-17-8-4-6-14-5-2-3-7-16(14)17/h2-8,13,15,18-19H,9-12H2,1H3. The minimum absolute atomic E-state index is 0.417. The second-order valence-corrected chi connectivity index (χ2v) is 5.53. The number of ether oxygens (including phenoxy) is 1. The molecule has 0 aliphatic carbocycles. The molecule has 1 saturated heterocycles. The molecule has 0 radical (unpaired) electrons. The molecule has 3 nitrogen and oxygen atoms in total. The maximum Gasteiger partial charge on any atom is 0.0621 e. The lowest BCUT2D eigenvalue weighted by molar-refractivity contribution is 0.0731. The van der Waals surface area contributed by atoms with Crippen molar-refractivity contribution in [3.8, 4) is 0 Å². The van der Waals surface area contributed by atoms with E-state index < -0.39 is 0 Å². The van der Waals surface area contributed by atoms with Crippen LogP contribution in [0.25, 0.3) is 10.8 Å². The van der Waals surface area contributed by atoms with Crippen LogP contribution in [0, 0.1) is 0 Å². The number of fused-ring (bicyclic) bond motifs is 1. The van der Waals surface area contributed by atoms with Gasteiger partial charge in [-0.2, -0.15) is 0 Å². The Kier molecular flexibility index (Phi) is 4.19. The van der Waals surface area contributed by atoms with Crippen LogP contribution in [0.4, 0.5) is 5.69 Å². The Balaban J connectivity index is 1.69. The SMILES string of the molecule is CC(CC1COCCN1)Nc1cccc2ccccc12. The number of hydrogen-bond donors (Lipinski definition) is 2. The average Bonchev–Trinajstić information content (AvgIpc) is 2.48. The Morgan fingerprint density at radius 2 is 2.10 bits per heavy atom. The van der Waals surface area contributed by atoms with E-state index in [0.29, 0.717) is 12.1 Å². The lowest BCUT2D eigenvalue weighted by atomic mass is 10.1. The fourth-order valence-electron chi connectivity index (χ4n) is 2.87. The molecule has 1 heterocycles. The van der Waals surface area contributed by atoms with Crippen LogP contribution in [0.1, 0.15) is 13.3 Å². The van der Waals surface area contributed by atoms with Gasteiger partial charge in [-0.1, -0.05) is 36.4 Å². The lowest BCUT2D eigenvalue weighted by Gasteiger charge is -2.27. The summed E-state index contributed by atoms with van der Waals surface area (Å²) in [5.41, 5.74) is 1.22. The molecular formula is C17H22N2O. The van der Waals surface area contributed by atoms with E-state index in [-0.39, 0.29) is 0 Å². The van der Waals surface area contributed by atoms with Crippen molar-refractivity contribution in [1.29, 1.82) is 0 Å². The number of hydrogen-bond acceptors (Lipinski definition) is 3. The molecule has 2 N–H and O–H groups in total. The van der Waals surface area contributed by atoms with E-state index in [1.165, 1.54) is 16.5 Å². The lowest BCUT2D eigenvalue weighted by Crippen LogP contribution is -2.43. The molecule has 0 amide bonds. The van der Waals surface area contributed by atoms with Crippen LogP contribution in [0.15, 0.2) is 42.5 Å². The van der Waals surface area contributed by atoms with Gasteiger partial charge in [0.2, 0.25) is 0 Å². The van der Waals surface area contributed by atoms with Crippen molar-refractivity contribution >= 4 is 16.5 Å². The van der Waals surface area contributed by atoms with Gasteiger partial charge in [-0.15, -0.1) is 0 Å². The van der Waals surface area contributed by atoms with Crippen LogP contribution in [0.2, 0.25) is 0 Å². The number of rotatable bonds is 4. The number of nitrogens with one attached hydrogen (secondary N) is 2. The van der Waals surface area contributed by atoms with Gasteiger partial charge in [0.25, 0.3) is 0 Å². The number of morpholine rings is 1. The first kappa shape index (κ1) is 13.4. The van der Waals surface area contributed by atoms with Crippen molar-refractivity contribution in [2.45, 2.75) is 25.4 Å². The highest BCUT2D eigenvalue weighted by molar-refractivity contribution is 5.93. The van der Waals surface area contributed by atoms with E-state index in [4.69, 9.17) is 4.74 Å². The zero-order valence-electron chi connectivity index (χ0n) is 11.9. The topological polar surface area (TPSA) is 33.3 Å². The molecule has 2 atom stereocenters. The van der Waals surface area contributed by atoms with Gasteiger partial charge in [-0.05, 0) is 24.8 Å². The quantitative estimate of drug-likeness (QED) is 0.896. The first-order chi connectivity index (χ1) is 9.83. The Labute approximate surface area is 120 Å². The van der Waals surface area contributed by atoms with Crippen LogP contribution < -0.4 is 10.6 Å². The van der Waals surface area contributed by atoms with Gasteiger partial charge in [-0.25, -0.2) is 0 Å². The molecule has 2 unspecified atom stereocenters. The van der Waals surface area contributed by atoms with Gasteiger partial charge < -0.3 is 15.4 Å². The highest BCUT2D eigenvalue weighted by atomic mass is 16.5. The van der Waals surface area contributed by atoms with Gasteiger partial charge in [0.05, 0.1) is 13.2 Å². The minimum Gasteiger partial charge on any atom is -0.382 e. The summed E-state index contributed by atoms with van der Waals surface area (Å²) in [5.74, 6) is 0. The Morgan fingerprint density at radius 3 is 2.95 bits per heavy atom. The molecule has 3 heteroatoms. The van der Waals surface area contributed by atoms with E-state index in [2.05, 4.69) is 60.0 Å². The molecule has 2 aromatic rings. The molecule has 2 aromatic carbocycles. The third-order valence-corrected chi connectivity index (χ3v) is 3.83. The van der Waals surface area contributed by atoms with Gasteiger partial charge in [-0.3, -0.25) is 0 Å². The molecule has 0 spiro atoms. The molecule has 0 bridgehead atoms. The van der Waals surface area contributed by atoms with Crippen molar-refractivity contribution < 1.29 is 4.74 Å². The summed E-state index contributed by atoms with van der Waals surface area (Å²) < 4.78 is 5.51. The van der Waals surface area contributed by atoms with E-state index >= 15 is 0 Å². The molecular weight excluding hydrogens is 248 g/mol. The summed E-state index contributed by atoms with van der Waals surface area (Å²) in [6.07, 6.45) is 1.07. The first-order valence-electron chi connectivity index (χ1n) is 7.38.